The van der Waals surface area contributed by atoms with E-state index in [-0.39, 0.29) is 4.90 Å². The third-order valence-corrected chi connectivity index (χ3v) is 5.62. The van der Waals surface area contributed by atoms with Crippen LogP contribution in [-0.2, 0) is 21.3 Å². The van der Waals surface area contributed by atoms with Crippen LogP contribution in [0.5, 0.6) is 0 Å². The van der Waals surface area contributed by atoms with Crippen LogP contribution >= 0.6 is 11.6 Å². The lowest BCUT2D eigenvalue weighted by atomic mass is 10.1. The molecule has 5 nitrogen and oxygen atoms in total. The van der Waals surface area contributed by atoms with Crippen molar-refractivity contribution in [2.24, 2.45) is 0 Å². The molecule has 2 rings (SSSR count). The van der Waals surface area contributed by atoms with Gasteiger partial charge in [-0.15, -0.1) is 0 Å². The molecule has 1 aliphatic heterocycles. The number of sulfonamides is 1. The summed E-state index contributed by atoms with van der Waals surface area (Å²) in [7, 11) is -1.73. The molecule has 1 aliphatic rings. The van der Waals surface area contributed by atoms with Gasteiger partial charge in [-0.3, -0.25) is 0 Å². The molecule has 0 aliphatic carbocycles. The number of rotatable bonds is 4. The van der Waals surface area contributed by atoms with Gasteiger partial charge in [0.15, 0.2) is 0 Å². The predicted molar refractivity (Wildman–Crippen MR) is 83.0 cm³/mol. The molecule has 0 radical (unpaired) electrons. The summed E-state index contributed by atoms with van der Waals surface area (Å²) >= 11 is 6.09. The minimum absolute atomic E-state index is 0.273. The van der Waals surface area contributed by atoms with Crippen molar-refractivity contribution >= 4 is 21.6 Å². The van der Waals surface area contributed by atoms with Crippen LogP contribution in [0.2, 0.25) is 5.02 Å². The number of benzene rings is 1. The maximum absolute atomic E-state index is 12.7. The van der Waals surface area contributed by atoms with Crippen molar-refractivity contribution in [1.29, 1.82) is 0 Å². The molecule has 0 bridgehead atoms. The van der Waals surface area contributed by atoms with E-state index in [9.17, 15) is 8.42 Å². The highest BCUT2D eigenvalue weighted by Gasteiger charge is 2.35. The monoisotopic (exact) mass is 332 g/mol. The second-order valence-corrected chi connectivity index (χ2v) is 8.08. The van der Waals surface area contributed by atoms with Crippen LogP contribution in [0.15, 0.2) is 23.1 Å². The molecule has 0 spiro atoms. The fraction of sp³-hybridized carbons (Fsp3) is 0.571. The average molecular weight is 333 g/mol. The van der Waals surface area contributed by atoms with Crippen LogP contribution in [0.4, 0.5) is 0 Å². The fourth-order valence-electron chi connectivity index (χ4n) is 2.36. The van der Waals surface area contributed by atoms with E-state index in [1.54, 1.807) is 25.2 Å². The van der Waals surface area contributed by atoms with Crippen molar-refractivity contribution in [3.8, 4) is 0 Å². The topological polar surface area (TPSA) is 58.6 Å². The number of morpholine rings is 1. The van der Waals surface area contributed by atoms with Crippen LogP contribution in [-0.4, -0.2) is 45.1 Å². The first-order chi connectivity index (χ1) is 9.76. The van der Waals surface area contributed by atoms with E-state index in [2.05, 4.69) is 5.32 Å². The molecule has 0 unspecified atom stereocenters. The summed E-state index contributed by atoms with van der Waals surface area (Å²) < 4.78 is 32.5. The Morgan fingerprint density at radius 1 is 1.43 bits per heavy atom. The summed E-state index contributed by atoms with van der Waals surface area (Å²) in [6, 6.07) is 4.82. The van der Waals surface area contributed by atoms with Gasteiger partial charge in [0.25, 0.3) is 0 Å². The molecule has 1 aromatic rings. The molecule has 0 aromatic heterocycles. The van der Waals surface area contributed by atoms with Gasteiger partial charge in [0, 0.05) is 24.7 Å². The lowest BCUT2D eigenvalue weighted by molar-refractivity contribution is -0.0640. The van der Waals surface area contributed by atoms with Crippen molar-refractivity contribution in [3.05, 3.63) is 28.8 Å². The van der Waals surface area contributed by atoms with Crippen molar-refractivity contribution in [3.63, 3.8) is 0 Å². The first-order valence-corrected chi connectivity index (χ1v) is 8.65. The lowest BCUT2D eigenvalue weighted by Crippen LogP contribution is -2.50. The maximum atomic E-state index is 12.7. The summed E-state index contributed by atoms with van der Waals surface area (Å²) in [5.41, 5.74) is 0.304. The van der Waals surface area contributed by atoms with Crippen molar-refractivity contribution in [2.45, 2.75) is 30.9 Å². The number of nitrogens with one attached hydrogen (secondary N) is 1. The highest BCUT2D eigenvalue weighted by Crippen LogP contribution is 2.26. The first kappa shape index (κ1) is 16.7. The van der Waals surface area contributed by atoms with E-state index in [4.69, 9.17) is 16.3 Å². The van der Waals surface area contributed by atoms with E-state index in [0.29, 0.717) is 31.3 Å². The van der Waals surface area contributed by atoms with Gasteiger partial charge in [-0.1, -0.05) is 11.6 Å². The fourth-order valence-corrected chi connectivity index (χ4v) is 4.17. The van der Waals surface area contributed by atoms with E-state index >= 15 is 0 Å². The summed E-state index contributed by atoms with van der Waals surface area (Å²) in [4.78, 5) is 0.273. The third kappa shape index (κ3) is 3.76. The number of hydrogen-bond donors (Lipinski definition) is 1. The summed E-state index contributed by atoms with van der Waals surface area (Å²) in [5.74, 6) is 0. The van der Waals surface area contributed by atoms with Crippen LogP contribution in [0, 0.1) is 0 Å². The standard InChI is InChI=1S/C14H21ClN2O3S/c1-14(2)10-17(6-7-20-14)21(18,19)12-4-5-13(15)11(8-12)9-16-3/h4-5,8,16H,6-7,9-10H2,1-3H3. The SMILES string of the molecule is CNCc1cc(S(=O)(=O)N2CCOC(C)(C)C2)ccc1Cl. The van der Waals surface area contributed by atoms with Crippen molar-refractivity contribution in [1.82, 2.24) is 9.62 Å². The Bertz CT molecular complexity index is 617. The van der Waals surface area contributed by atoms with Gasteiger partial charge in [-0.2, -0.15) is 4.31 Å². The molecule has 1 N–H and O–H groups in total. The average Bonchev–Trinajstić information content (AvgIpc) is 2.40. The molecule has 21 heavy (non-hydrogen) atoms. The third-order valence-electron chi connectivity index (χ3n) is 3.41. The minimum Gasteiger partial charge on any atom is -0.373 e. The molecular weight excluding hydrogens is 312 g/mol. The van der Waals surface area contributed by atoms with Gasteiger partial charge in [-0.25, -0.2) is 8.42 Å². The summed E-state index contributed by atoms with van der Waals surface area (Å²) in [6.45, 7) is 5.43. The largest absolute Gasteiger partial charge is 0.373 e. The second kappa shape index (κ2) is 6.22. The molecule has 118 valence electrons. The smallest absolute Gasteiger partial charge is 0.243 e. The molecule has 7 heteroatoms. The Balaban J connectivity index is 2.33. The Hall–Kier alpha value is -0.660. The van der Waals surface area contributed by atoms with Gasteiger partial charge in [0.05, 0.1) is 17.1 Å². The summed E-state index contributed by atoms with van der Waals surface area (Å²) in [6.07, 6.45) is 0. The van der Waals surface area contributed by atoms with Crippen LogP contribution < -0.4 is 5.32 Å². The molecule has 0 amide bonds. The van der Waals surface area contributed by atoms with E-state index in [1.807, 2.05) is 13.8 Å². The molecule has 0 saturated carbocycles. The van der Waals surface area contributed by atoms with Gasteiger partial charge in [0.2, 0.25) is 10.0 Å². The van der Waals surface area contributed by atoms with Crippen LogP contribution in [0.3, 0.4) is 0 Å². The molecule has 1 saturated heterocycles. The Morgan fingerprint density at radius 3 is 2.76 bits per heavy atom. The van der Waals surface area contributed by atoms with Crippen molar-refractivity contribution in [2.75, 3.05) is 26.7 Å². The second-order valence-electron chi connectivity index (χ2n) is 5.73. The van der Waals surface area contributed by atoms with Gasteiger partial charge >= 0.3 is 0 Å². The number of nitrogens with zero attached hydrogens (tertiary/aromatic N) is 1. The van der Waals surface area contributed by atoms with E-state index < -0.39 is 15.6 Å². The van der Waals surface area contributed by atoms with Crippen LogP contribution in [0.25, 0.3) is 0 Å². The number of ether oxygens (including phenoxy) is 1. The predicted octanol–water partition coefficient (Wildman–Crippen LogP) is 1.86. The molecule has 1 heterocycles. The normalized spacial score (nSPS) is 19.6. The highest BCUT2D eigenvalue weighted by atomic mass is 35.5. The molecular formula is C14H21ClN2O3S. The zero-order valence-electron chi connectivity index (χ0n) is 12.5. The molecule has 1 fully saturated rings. The Labute approximate surface area is 131 Å². The first-order valence-electron chi connectivity index (χ1n) is 6.83. The van der Waals surface area contributed by atoms with Crippen molar-refractivity contribution < 1.29 is 13.2 Å². The molecule has 1 aromatic carbocycles. The zero-order chi connectivity index (χ0) is 15.7. The van der Waals surface area contributed by atoms with Gasteiger partial charge in [-0.05, 0) is 44.7 Å². The van der Waals surface area contributed by atoms with Gasteiger partial charge < -0.3 is 10.1 Å². The maximum Gasteiger partial charge on any atom is 0.243 e. The van der Waals surface area contributed by atoms with Gasteiger partial charge in [0.1, 0.15) is 0 Å². The minimum atomic E-state index is -3.52. The Kier molecular flexibility index (Phi) is 4.95. The summed E-state index contributed by atoms with van der Waals surface area (Å²) in [5, 5.41) is 3.54. The zero-order valence-corrected chi connectivity index (χ0v) is 14.1. The van der Waals surface area contributed by atoms with E-state index in [1.165, 1.54) is 4.31 Å². The molecule has 0 atom stereocenters. The lowest BCUT2D eigenvalue weighted by Gasteiger charge is -2.37. The number of hydrogen-bond acceptors (Lipinski definition) is 4. The van der Waals surface area contributed by atoms with E-state index in [0.717, 1.165) is 5.56 Å². The quantitative estimate of drug-likeness (QED) is 0.914. The van der Waals surface area contributed by atoms with Crippen LogP contribution in [0.1, 0.15) is 19.4 Å². The highest BCUT2D eigenvalue weighted by molar-refractivity contribution is 7.89. The number of halogens is 1. The Morgan fingerprint density at radius 2 is 2.14 bits per heavy atom.